The van der Waals surface area contributed by atoms with Gasteiger partial charge in [0, 0.05) is 30.1 Å². The molecule has 1 fully saturated rings. The van der Waals surface area contributed by atoms with Gasteiger partial charge >= 0.3 is 0 Å². The molecule has 23 heavy (non-hydrogen) atoms. The zero-order valence-corrected chi connectivity index (χ0v) is 13.5. The Kier molecular flexibility index (Phi) is 6.50. The molecular formula is C18H24N2O3. The second-order valence-electron chi connectivity index (χ2n) is 5.71. The summed E-state index contributed by atoms with van der Waals surface area (Å²) in [6.07, 6.45) is 6.72. The van der Waals surface area contributed by atoms with Gasteiger partial charge in [0.25, 0.3) is 0 Å². The second kappa shape index (κ2) is 8.60. The van der Waals surface area contributed by atoms with Crippen molar-refractivity contribution in [1.29, 1.82) is 0 Å². The normalized spacial score (nSPS) is 23.5. The molecule has 1 saturated carbocycles. The highest BCUT2D eigenvalue weighted by Gasteiger charge is 2.33. The second-order valence-corrected chi connectivity index (χ2v) is 5.71. The van der Waals surface area contributed by atoms with Crippen LogP contribution in [0.25, 0.3) is 0 Å². The van der Waals surface area contributed by atoms with E-state index < -0.39 is 6.10 Å². The largest absolute Gasteiger partial charge is 0.388 e. The standard InChI is InChI=1S/C18H24N2O3/c1-3-6-15(20-23-9-4-2)18-16(21)10-14(11-17(18)22)13-7-5-8-19-12-13/h4-5,7-8,12,14,16,20-21H,2-3,6,9-11H2,1H3. The number of aromatic nitrogens is 1. The summed E-state index contributed by atoms with van der Waals surface area (Å²) in [6, 6.07) is 3.80. The molecule has 2 unspecified atom stereocenters. The number of allylic oxidation sites excluding steroid dienone is 1. The van der Waals surface area contributed by atoms with Crippen LogP contribution in [-0.2, 0) is 9.63 Å². The minimum Gasteiger partial charge on any atom is -0.388 e. The van der Waals surface area contributed by atoms with E-state index in [1.165, 1.54) is 0 Å². The van der Waals surface area contributed by atoms with E-state index in [4.69, 9.17) is 4.84 Å². The summed E-state index contributed by atoms with van der Waals surface area (Å²) in [5, 5.41) is 10.5. The lowest BCUT2D eigenvalue weighted by molar-refractivity contribution is -0.118. The van der Waals surface area contributed by atoms with E-state index in [0.29, 0.717) is 37.1 Å². The third kappa shape index (κ3) is 4.50. The van der Waals surface area contributed by atoms with Crippen molar-refractivity contribution in [2.45, 2.75) is 44.6 Å². The first-order valence-electron chi connectivity index (χ1n) is 8.00. The predicted molar refractivity (Wildman–Crippen MR) is 88.4 cm³/mol. The van der Waals surface area contributed by atoms with Crippen LogP contribution in [0.3, 0.4) is 0 Å². The Morgan fingerprint density at radius 2 is 2.43 bits per heavy atom. The number of nitrogens with one attached hydrogen (secondary N) is 1. The zero-order chi connectivity index (χ0) is 16.7. The van der Waals surface area contributed by atoms with E-state index in [0.717, 1.165) is 12.0 Å². The van der Waals surface area contributed by atoms with Crippen molar-refractivity contribution in [2.24, 2.45) is 0 Å². The number of Topliss-reactive ketones (excluding diaryl/α,β-unsaturated/α-hetero) is 1. The Balaban J connectivity index is 2.18. The predicted octanol–water partition coefficient (Wildman–Crippen LogP) is 2.65. The SMILES string of the molecule is C=CCONC(CCC)=C1C(=O)CC(c2cccnc2)CC1O. The van der Waals surface area contributed by atoms with Crippen molar-refractivity contribution in [3.8, 4) is 0 Å². The van der Waals surface area contributed by atoms with Gasteiger partial charge < -0.3 is 5.11 Å². The number of carbonyl (C=O) groups is 1. The van der Waals surface area contributed by atoms with E-state index in [9.17, 15) is 9.90 Å². The number of aliphatic hydroxyl groups excluding tert-OH is 1. The van der Waals surface area contributed by atoms with Crippen molar-refractivity contribution in [3.05, 3.63) is 54.0 Å². The van der Waals surface area contributed by atoms with Crippen LogP contribution in [0.2, 0.25) is 0 Å². The molecule has 1 heterocycles. The van der Waals surface area contributed by atoms with Crippen molar-refractivity contribution < 1.29 is 14.7 Å². The maximum Gasteiger partial charge on any atom is 0.163 e. The summed E-state index contributed by atoms with van der Waals surface area (Å²) in [5.74, 6) is -0.0253. The number of hydrogen-bond donors (Lipinski definition) is 2. The van der Waals surface area contributed by atoms with Gasteiger partial charge in [-0.2, -0.15) is 0 Å². The van der Waals surface area contributed by atoms with Gasteiger partial charge in [0.05, 0.1) is 12.7 Å². The van der Waals surface area contributed by atoms with Gasteiger partial charge in [0.2, 0.25) is 0 Å². The van der Waals surface area contributed by atoms with Crippen molar-refractivity contribution in [2.75, 3.05) is 6.61 Å². The van der Waals surface area contributed by atoms with Gasteiger partial charge in [0.1, 0.15) is 0 Å². The van der Waals surface area contributed by atoms with Crippen LogP contribution >= 0.6 is 0 Å². The van der Waals surface area contributed by atoms with Crippen molar-refractivity contribution in [1.82, 2.24) is 10.5 Å². The van der Waals surface area contributed by atoms with E-state index >= 15 is 0 Å². The van der Waals surface area contributed by atoms with Gasteiger partial charge in [-0.25, -0.2) is 0 Å². The molecule has 5 nitrogen and oxygen atoms in total. The molecule has 1 aromatic heterocycles. The lowest BCUT2D eigenvalue weighted by Gasteiger charge is -2.29. The van der Waals surface area contributed by atoms with Crippen molar-refractivity contribution >= 4 is 5.78 Å². The Labute approximate surface area is 137 Å². The minimum atomic E-state index is -0.789. The molecule has 0 saturated heterocycles. The molecule has 0 aromatic carbocycles. The number of hydroxylamine groups is 1. The minimum absolute atomic E-state index is 0.00641. The first kappa shape index (κ1) is 17.4. The number of carbonyl (C=O) groups excluding carboxylic acids is 1. The van der Waals surface area contributed by atoms with E-state index in [1.807, 2.05) is 19.1 Å². The Morgan fingerprint density at radius 3 is 3.04 bits per heavy atom. The lowest BCUT2D eigenvalue weighted by atomic mass is 9.78. The van der Waals surface area contributed by atoms with Crippen LogP contribution in [-0.4, -0.2) is 28.6 Å². The third-order valence-corrected chi connectivity index (χ3v) is 3.95. The molecule has 1 aliphatic rings. The first-order valence-corrected chi connectivity index (χ1v) is 8.00. The van der Waals surface area contributed by atoms with Gasteiger partial charge in [-0.15, -0.1) is 6.58 Å². The average molecular weight is 316 g/mol. The van der Waals surface area contributed by atoms with Crippen LogP contribution in [0.4, 0.5) is 0 Å². The van der Waals surface area contributed by atoms with Crippen LogP contribution in [0, 0.1) is 0 Å². The van der Waals surface area contributed by atoms with Gasteiger partial charge in [-0.1, -0.05) is 25.5 Å². The highest BCUT2D eigenvalue weighted by Crippen LogP contribution is 2.34. The summed E-state index contributed by atoms with van der Waals surface area (Å²) in [6.45, 7) is 5.94. The molecule has 0 bridgehead atoms. The monoisotopic (exact) mass is 316 g/mol. The lowest BCUT2D eigenvalue weighted by Crippen LogP contribution is -2.32. The maximum atomic E-state index is 12.6. The molecule has 0 spiro atoms. The molecule has 0 aliphatic heterocycles. The fourth-order valence-electron chi connectivity index (χ4n) is 2.91. The Hall–Kier alpha value is -1.98. The molecular weight excluding hydrogens is 292 g/mol. The fourth-order valence-corrected chi connectivity index (χ4v) is 2.91. The molecule has 2 N–H and O–H groups in total. The summed E-state index contributed by atoms with van der Waals surface area (Å²) in [4.78, 5) is 21.9. The number of pyridine rings is 1. The van der Waals surface area contributed by atoms with Crippen LogP contribution in [0.15, 0.2) is 48.5 Å². The molecule has 2 rings (SSSR count). The number of hydrogen-bond acceptors (Lipinski definition) is 5. The van der Waals surface area contributed by atoms with Crippen molar-refractivity contribution in [3.63, 3.8) is 0 Å². The van der Waals surface area contributed by atoms with Gasteiger partial charge in [0.15, 0.2) is 5.78 Å². The average Bonchev–Trinajstić information content (AvgIpc) is 2.55. The van der Waals surface area contributed by atoms with Crippen LogP contribution < -0.4 is 5.48 Å². The van der Waals surface area contributed by atoms with E-state index in [2.05, 4.69) is 17.0 Å². The zero-order valence-electron chi connectivity index (χ0n) is 13.5. The highest BCUT2D eigenvalue weighted by atomic mass is 16.6. The summed E-state index contributed by atoms with van der Waals surface area (Å²) in [5.41, 5.74) is 4.95. The first-order chi connectivity index (χ1) is 11.2. The molecule has 0 radical (unpaired) electrons. The molecule has 1 aliphatic carbocycles. The number of nitrogens with zero attached hydrogens (tertiary/aromatic N) is 1. The van der Waals surface area contributed by atoms with E-state index in [1.54, 1.807) is 18.5 Å². The third-order valence-electron chi connectivity index (χ3n) is 3.95. The quantitative estimate of drug-likeness (QED) is 0.350. The van der Waals surface area contributed by atoms with Crippen LogP contribution in [0.5, 0.6) is 0 Å². The topological polar surface area (TPSA) is 71.5 Å². The molecule has 1 aromatic rings. The fraction of sp³-hybridized carbons (Fsp3) is 0.444. The number of ketones is 1. The highest BCUT2D eigenvalue weighted by molar-refractivity contribution is 5.98. The smallest absolute Gasteiger partial charge is 0.163 e. The Morgan fingerprint density at radius 1 is 1.61 bits per heavy atom. The van der Waals surface area contributed by atoms with Gasteiger partial charge in [-0.05, 0) is 30.4 Å². The molecule has 0 amide bonds. The number of aliphatic hydroxyl groups is 1. The maximum absolute atomic E-state index is 12.6. The molecule has 124 valence electrons. The summed E-state index contributed by atoms with van der Waals surface area (Å²) >= 11 is 0. The van der Waals surface area contributed by atoms with Gasteiger partial charge in [-0.3, -0.25) is 20.1 Å². The molecule has 5 heteroatoms. The van der Waals surface area contributed by atoms with E-state index in [-0.39, 0.29) is 11.7 Å². The Bertz CT molecular complexity index is 569. The summed E-state index contributed by atoms with van der Waals surface area (Å²) in [7, 11) is 0. The summed E-state index contributed by atoms with van der Waals surface area (Å²) < 4.78 is 0. The molecule has 2 atom stereocenters. The van der Waals surface area contributed by atoms with Crippen LogP contribution in [0.1, 0.15) is 44.1 Å². The number of rotatable bonds is 7.